The van der Waals surface area contributed by atoms with Crippen molar-refractivity contribution in [2.24, 2.45) is 0 Å². The van der Waals surface area contributed by atoms with Crippen LogP contribution in [0.15, 0.2) is 216 Å². The third-order valence-corrected chi connectivity index (χ3v) is 13.7. The molecule has 0 unspecified atom stereocenters. The second-order valence-electron chi connectivity index (χ2n) is 19.3. The summed E-state index contributed by atoms with van der Waals surface area (Å²) in [5.74, 6) is 0.876. The number of pyridine rings is 2. The van der Waals surface area contributed by atoms with Crippen molar-refractivity contribution in [3.8, 4) is 12.3 Å². The number of nitrogens with zero attached hydrogens (tertiary/aromatic N) is 4. The molecule has 6 aromatic rings. The van der Waals surface area contributed by atoms with Gasteiger partial charge in [0.05, 0.1) is 0 Å². The topological polar surface area (TPSA) is 204 Å². The molecule has 8 bridgehead atoms. The number of ether oxygens (including phenoxy) is 1. The van der Waals surface area contributed by atoms with E-state index in [1.807, 2.05) is 134 Å². The first-order chi connectivity index (χ1) is 40.0. The average molecular weight is 1090 g/mol. The fraction of sp³-hybridized carbons (Fsp3) is 0.164. The van der Waals surface area contributed by atoms with Crippen molar-refractivity contribution in [2.75, 3.05) is 26.3 Å². The number of terminal acetylenes is 1. The van der Waals surface area contributed by atoms with E-state index in [9.17, 15) is 29.4 Å². The summed E-state index contributed by atoms with van der Waals surface area (Å²) in [5, 5.41) is 37.7. The summed E-state index contributed by atoms with van der Waals surface area (Å²) in [6.07, 6.45) is 20.1. The van der Waals surface area contributed by atoms with Crippen molar-refractivity contribution < 1.29 is 43.3 Å². The molecule has 0 atom stereocenters. The quantitative estimate of drug-likeness (QED) is 0.0748. The van der Waals surface area contributed by atoms with Crippen LogP contribution in [-0.2, 0) is 44.0 Å². The molecule has 4 aliphatic heterocycles. The molecule has 2 radical (unpaired) electrons. The molecular weight excluding hydrogens is 1030 g/mol. The normalized spacial score (nSPS) is 15.7. The first-order valence-electron chi connectivity index (χ1n) is 26.9. The minimum atomic E-state index is -0.398. The van der Waals surface area contributed by atoms with Crippen molar-refractivity contribution in [3.63, 3.8) is 0 Å². The second kappa shape index (κ2) is 27.9. The van der Waals surface area contributed by atoms with Crippen molar-refractivity contribution in [2.45, 2.75) is 46.2 Å². The molecule has 1 saturated carbocycles. The SMILES string of the molecule is C#CCOCC[N+](CC)=C1C=CC(=C2[C]([O-])C(=C3C=CC(=[N+](Cc4ccccc4)Cc4ccccc4)C=C3)[C]2[O-])C=C1.O=C1NCc2ccc(cc2)CNC(=O)c2cccc(n2)C(=O)NCc2ccc(cc2)CNC(=O)c2cccc1n2. The first-order valence-corrected chi connectivity index (χ1v) is 26.9. The van der Waals surface area contributed by atoms with Gasteiger partial charge < -0.3 is 36.2 Å². The highest BCUT2D eigenvalue weighted by Crippen LogP contribution is 2.46. The molecule has 410 valence electrons. The van der Waals surface area contributed by atoms with Gasteiger partial charge in [-0.1, -0.05) is 151 Å². The molecule has 13 rings (SSSR count). The Labute approximate surface area is 477 Å². The number of nitrogens with one attached hydrogen (secondary N) is 4. The molecule has 15 heteroatoms. The van der Waals surface area contributed by atoms with Crippen LogP contribution in [0.25, 0.3) is 0 Å². The summed E-state index contributed by atoms with van der Waals surface area (Å²) in [4.78, 5) is 59.1. The molecule has 0 spiro atoms. The Morgan fingerprint density at radius 3 is 1.15 bits per heavy atom. The lowest BCUT2D eigenvalue weighted by atomic mass is 9.73. The molecule has 2 aromatic heterocycles. The number of benzene rings is 4. The molecule has 6 heterocycles. The zero-order valence-corrected chi connectivity index (χ0v) is 45.3. The van der Waals surface area contributed by atoms with Crippen LogP contribution < -0.4 is 31.5 Å². The number of hydrogen-bond acceptors (Lipinski definition) is 9. The Morgan fingerprint density at radius 2 is 0.817 bits per heavy atom. The van der Waals surface area contributed by atoms with Gasteiger partial charge in [-0.05, 0) is 88.9 Å². The summed E-state index contributed by atoms with van der Waals surface area (Å²) < 4.78 is 9.86. The number of allylic oxidation sites excluding steroid dienone is 10. The third-order valence-electron chi connectivity index (χ3n) is 13.7. The van der Waals surface area contributed by atoms with Gasteiger partial charge in [-0.25, -0.2) is 19.1 Å². The van der Waals surface area contributed by atoms with Crippen LogP contribution in [0.1, 0.15) is 82.3 Å². The molecule has 4 amide bonds. The maximum atomic E-state index is 13.2. The minimum absolute atomic E-state index is 0.137. The monoisotopic (exact) mass is 1090 g/mol. The van der Waals surface area contributed by atoms with Crippen molar-refractivity contribution in [3.05, 3.63) is 285 Å². The molecule has 3 aliphatic carbocycles. The lowest BCUT2D eigenvalue weighted by molar-refractivity contribution is -0.558. The lowest BCUT2D eigenvalue weighted by Gasteiger charge is -2.53. The predicted octanol–water partition coefficient (Wildman–Crippen LogP) is 6.12. The Balaban J connectivity index is 0.000000198. The summed E-state index contributed by atoms with van der Waals surface area (Å²) >= 11 is 0. The molecule has 4 N–H and O–H groups in total. The number of aromatic nitrogens is 2. The van der Waals surface area contributed by atoms with Crippen molar-refractivity contribution in [1.82, 2.24) is 31.2 Å². The predicted molar refractivity (Wildman–Crippen MR) is 309 cm³/mol. The van der Waals surface area contributed by atoms with Crippen LogP contribution in [0, 0.1) is 24.6 Å². The van der Waals surface area contributed by atoms with Crippen LogP contribution in [0.5, 0.6) is 0 Å². The average Bonchev–Trinajstić information content (AvgIpc) is 3.64. The summed E-state index contributed by atoms with van der Waals surface area (Å²) in [6, 6.07) is 44.9. The van der Waals surface area contributed by atoms with E-state index in [2.05, 4.69) is 77.5 Å². The number of amides is 4. The van der Waals surface area contributed by atoms with Gasteiger partial charge in [0.15, 0.2) is 25.3 Å². The van der Waals surface area contributed by atoms with Crippen molar-refractivity contribution in [1.29, 1.82) is 0 Å². The van der Waals surface area contributed by atoms with E-state index in [4.69, 9.17) is 11.2 Å². The Bertz CT molecular complexity index is 3310. The zero-order chi connectivity index (χ0) is 57.2. The molecule has 0 saturated heterocycles. The van der Waals surface area contributed by atoms with Crippen LogP contribution in [-0.4, -0.2) is 80.5 Å². The first kappa shape index (κ1) is 57.0. The highest BCUT2D eigenvalue weighted by molar-refractivity contribution is 6.04. The summed E-state index contributed by atoms with van der Waals surface area (Å²) in [6.45, 7) is 6.92. The van der Waals surface area contributed by atoms with Gasteiger partial charge >= 0.3 is 0 Å². The smallest absolute Gasteiger partial charge is 0.270 e. The highest BCUT2D eigenvalue weighted by atomic mass is 16.5. The molecule has 1 fully saturated rings. The Morgan fingerprint density at radius 1 is 0.476 bits per heavy atom. The standard InChI is InChI=1S/C37H34N2O3.C30H26N6O4/c1-3-24-42-25-23-38(4-2)32-19-15-30(16-20-32)34-36(40)35(37(34)41)31-17-21-33(22-18-31)39(26-28-11-7-5-8-12-28)27-29-13-9-6-10-14-29;37-27-23-3-1-4-24(35-23)28(38)32-16-20-9-13-22(14-10-20)18-34-30(40)26-6-2-5-25(36-26)29(39)33-17-21-11-7-19(8-12-21)15-31-27/h1,5-22H,4,23-27H2,2H3;1-14H,15-18H2,(H,31,37)(H,32,38)(H,33,39)(H,34,40). The molecule has 7 aliphatic rings. The second-order valence-corrected chi connectivity index (χ2v) is 19.3. The van der Waals surface area contributed by atoms with Crippen LogP contribution in [0.2, 0.25) is 0 Å². The number of hydrogen-bond donors (Lipinski definition) is 4. The number of likely N-dealkylation sites (N-methyl/N-ethyl adjacent to an activating group) is 1. The lowest BCUT2D eigenvalue weighted by Crippen LogP contribution is -2.44. The van der Waals surface area contributed by atoms with Gasteiger partial charge in [-0.2, -0.15) is 0 Å². The largest absolute Gasteiger partial charge is 0.843 e. The van der Waals surface area contributed by atoms with Gasteiger partial charge in [0.25, 0.3) is 23.6 Å². The maximum Gasteiger partial charge on any atom is 0.270 e. The molecule has 15 nitrogen and oxygen atoms in total. The molecule has 4 aromatic carbocycles. The highest BCUT2D eigenvalue weighted by Gasteiger charge is 2.30. The van der Waals surface area contributed by atoms with Crippen LogP contribution in [0.4, 0.5) is 0 Å². The van der Waals surface area contributed by atoms with E-state index in [0.29, 0.717) is 30.9 Å². The van der Waals surface area contributed by atoms with Gasteiger partial charge in [0.2, 0.25) is 5.71 Å². The molecular formula is C67H60N8O7. The summed E-state index contributed by atoms with van der Waals surface area (Å²) in [5.41, 5.74) is 10.2. The van der Waals surface area contributed by atoms with E-state index >= 15 is 0 Å². The van der Waals surface area contributed by atoms with E-state index < -0.39 is 23.6 Å². The molecule has 82 heavy (non-hydrogen) atoms. The third kappa shape index (κ3) is 14.9. The van der Waals surface area contributed by atoms with Crippen LogP contribution >= 0.6 is 0 Å². The number of rotatable bonds is 9. The van der Waals surface area contributed by atoms with Gasteiger partial charge in [-0.15, -0.1) is 6.42 Å². The van der Waals surface area contributed by atoms with Gasteiger partial charge in [0, 0.05) is 61.6 Å². The van der Waals surface area contributed by atoms with Crippen LogP contribution in [0.3, 0.4) is 0 Å². The van der Waals surface area contributed by atoms with E-state index in [0.717, 1.165) is 53.3 Å². The maximum absolute atomic E-state index is 13.2. The Kier molecular flexibility index (Phi) is 19.4. The van der Waals surface area contributed by atoms with Gasteiger partial charge in [-0.3, -0.25) is 19.2 Å². The van der Waals surface area contributed by atoms with E-state index in [1.54, 1.807) is 36.4 Å². The fourth-order valence-corrected chi connectivity index (χ4v) is 9.23. The number of carbonyl (C=O) groups excluding carboxylic acids is 4. The number of carbonyl (C=O) groups is 4. The van der Waals surface area contributed by atoms with Gasteiger partial charge in [0.1, 0.15) is 42.5 Å². The zero-order valence-electron chi connectivity index (χ0n) is 45.3. The van der Waals surface area contributed by atoms with E-state index in [-0.39, 0.29) is 72.3 Å². The minimum Gasteiger partial charge on any atom is -0.843 e. The van der Waals surface area contributed by atoms with Crippen molar-refractivity contribution >= 4 is 35.1 Å². The van der Waals surface area contributed by atoms with E-state index in [1.165, 1.54) is 11.1 Å². The fourth-order valence-electron chi connectivity index (χ4n) is 9.23. The summed E-state index contributed by atoms with van der Waals surface area (Å²) in [7, 11) is 0. The Hall–Kier alpha value is -9.72.